The van der Waals surface area contributed by atoms with Gasteiger partial charge < -0.3 is 20.1 Å². The number of thiazole rings is 1. The minimum atomic E-state index is 0.129. The molecule has 4 rings (SSSR count). The van der Waals surface area contributed by atoms with Gasteiger partial charge in [-0.25, -0.2) is 4.98 Å². The number of fused-ring (bicyclic) bond motifs is 1. The number of hydrogen-bond acceptors (Lipinski definition) is 6. The van der Waals surface area contributed by atoms with Crippen molar-refractivity contribution < 1.29 is 14.3 Å². The van der Waals surface area contributed by atoms with Gasteiger partial charge in [0.2, 0.25) is 12.7 Å². The van der Waals surface area contributed by atoms with Crippen LogP contribution in [-0.2, 0) is 11.2 Å². The van der Waals surface area contributed by atoms with Crippen molar-refractivity contribution in [3.8, 4) is 22.1 Å². The average molecular weight is 345 g/mol. The number of amides is 1. The maximum absolute atomic E-state index is 12.4. The fourth-order valence-corrected chi connectivity index (χ4v) is 3.78. The molecule has 1 aromatic heterocycles. The summed E-state index contributed by atoms with van der Waals surface area (Å²) in [6.45, 7) is 1.76. The normalized spacial score (nSPS) is 17.3. The molecule has 6 nitrogen and oxygen atoms in total. The third-order valence-electron chi connectivity index (χ3n) is 4.40. The fraction of sp³-hybridized carbons (Fsp3) is 0.412. The van der Waals surface area contributed by atoms with Crippen molar-refractivity contribution in [2.75, 3.05) is 19.9 Å². The second-order valence-corrected chi connectivity index (χ2v) is 6.97. The number of nitrogens with two attached hydrogens (primary N) is 1. The summed E-state index contributed by atoms with van der Waals surface area (Å²) in [7, 11) is 0. The monoisotopic (exact) mass is 345 g/mol. The lowest BCUT2D eigenvalue weighted by Gasteiger charge is -2.30. The van der Waals surface area contributed by atoms with Gasteiger partial charge >= 0.3 is 0 Å². The first kappa shape index (κ1) is 15.4. The van der Waals surface area contributed by atoms with Crippen LogP contribution in [0.2, 0.25) is 0 Å². The van der Waals surface area contributed by atoms with Crippen molar-refractivity contribution in [2.45, 2.75) is 25.3 Å². The molecule has 3 heterocycles. The Balaban J connectivity index is 1.44. The highest BCUT2D eigenvalue weighted by molar-refractivity contribution is 7.13. The van der Waals surface area contributed by atoms with E-state index < -0.39 is 0 Å². The van der Waals surface area contributed by atoms with Gasteiger partial charge in [0.15, 0.2) is 11.5 Å². The van der Waals surface area contributed by atoms with Gasteiger partial charge in [0.05, 0.1) is 12.1 Å². The maximum atomic E-state index is 12.4. The molecule has 24 heavy (non-hydrogen) atoms. The van der Waals surface area contributed by atoms with E-state index in [0.29, 0.717) is 6.42 Å². The van der Waals surface area contributed by atoms with E-state index in [1.54, 1.807) is 0 Å². The number of benzene rings is 1. The summed E-state index contributed by atoms with van der Waals surface area (Å²) in [6, 6.07) is 6.01. The van der Waals surface area contributed by atoms with Crippen LogP contribution >= 0.6 is 11.3 Å². The Morgan fingerprint density at radius 2 is 2.08 bits per heavy atom. The van der Waals surface area contributed by atoms with Crippen LogP contribution in [0.3, 0.4) is 0 Å². The van der Waals surface area contributed by atoms with Crippen LogP contribution in [0.4, 0.5) is 0 Å². The van der Waals surface area contributed by atoms with Crippen LogP contribution in [0, 0.1) is 0 Å². The zero-order valence-corrected chi connectivity index (χ0v) is 14.1. The number of carbonyl (C=O) groups excluding carboxylic acids is 1. The lowest BCUT2D eigenvalue weighted by atomic mass is 10.1. The van der Waals surface area contributed by atoms with E-state index >= 15 is 0 Å². The fourth-order valence-electron chi connectivity index (χ4n) is 2.97. The molecule has 0 unspecified atom stereocenters. The number of nitrogens with zero attached hydrogens (tertiary/aromatic N) is 2. The van der Waals surface area contributed by atoms with E-state index in [1.807, 2.05) is 28.5 Å². The van der Waals surface area contributed by atoms with Crippen molar-refractivity contribution >= 4 is 17.2 Å². The standard InChI is InChI=1S/C17H19N3O3S/c18-12-3-5-20(6-4-12)16(21)8-13-9-24-17(19-13)11-1-2-14-15(7-11)23-10-22-14/h1-2,7,9,12H,3-6,8,10,18H2. The quantitative estimate of drug-likeness (QED) is 0.921. The molecule has 1 amide bonds. The minimum Gasteiger partial charge on any atom is -0.454 e. The number of ether oxygens (including phenoxy) is 2. The van der Waals surface area contributed by atoms with Gasteiger partial charge in [-0.2, -0.15) is 0 Å². The number of aromatic nitrogens is 1. The summed E-state index contributed by atoms with van der Waals surface area (Å²) < 4.78 is 10.7. The molecule has 2 N–H and O–H groups in total. The van der Waals surface area contributed by atoms with Gasteiger partial charge in [-0.15, -0.1) is 11.3 Å². The van der Waals surface area contributed by atoms with Crippen LogP contribution in [0.25, 0.3) is 10.6 Å². The molecular formula is C17H19N3O3S. The lowest BCUT2D eigenvalue weighted by Crippen LogP contribution is -2.43. The largest absolute Gasteiger partial charge is 0.454 e. The SMILES string of the molecule is NC1CCN(C(=O)Cc2csc(-c3ccc4c(c3)OCO4)n2)CC1. The number of hydrogen-bond donors (Lipinski definition) is 1. The first-order chi connectivity index (χ1) is 11.7. The predicted octanol–water partition coefficient (Wildman–Crippen LogP) is 2.03. The molecule has 2 aromatic rings. The van der Waals surface area contributed by atoms with Crippen LogP contribution in [-0.4, -0.2) is 41.7 Å². The number of rotatable bonds is 3. The summed E-state index contributed by atoms with van der Waals surface area (Å²) in [6.07, 6.45) is 2.10. The molecule has 2 aliphatic heterocycles. The van der Waals surface area contributed by atoms with E-state index in [-0.39, 0.29) is 18.7 Å². The number of piperidine rings is 1. The Bertz CT molecular complexity index is 753. The van der Waals surface area contributed by atoms with Crippen LogP contribution in [0.5, 0.6) is 11.5 Å². The molecule has 126 valence electrons. The molecule has 1 aromatic carbocycles. The maximum Gasteiger partial charge on any atom is 0.231 e. The summed E-state index contributed by atoms with van der Waals surface area (Å²) in [5.41, 5.74) is 7.68. The van der Waals surface area contributed by atoms with Crippen molar-refractivity contribution in [1.82, 2.24) is 9.88 Å². The lowest BCUT2D eigenvalue weighted by molar-refractivity contribution is -0.131. The van der Waals surface area contributed by atoms with Crippen molar-refractivity contribution in [1.29, 1.82) is 0 Å². The molecule has 0 spiro atoms. The third-order valence-corrected chi connectivity index (χ3v) is 5.34. The topological polar surface area (TPSA) is 77.7 Å². The van der Waals surface area contributed by atoms with E-state index in [0.717, 1.165) is 53.7 Å². The third kappa shape index (κ3) is 3.09. The molecule has 0 bridgehead atoms. The Morgan fingerprint density at radius 1 is 1.29 bits per heavy atom. The van der Waals surface area contributed by atoms with Gasteiger partial charge in [0, 0.05) is 30.1 Å². The van der Waals surface area contributed by atoms with Gasteiger partial charge in [-0.1, -0.05) is 0 Å². The van der Waals surface area contributed by atoms with E-state index in [1.165, 1.54) is 11.3 Å². The molecular weight excluding hydrogens is 326 g/mol. The van der Waals surface area contributed by atoms with E-state index in [2.05, 4.69) is 4.98 Å². The second kappa shape index (κ2) is 6.41. The highest BCUT2D eigenvalue weighted by Gasteiger charge is 2.21. The molecule has 1 saturated heterocycles. The first-order valence-corrected chi connectivity index (χ1v) is 8.95. The second-order valence-electron chi connectivity index (χ2n) is 6.11. The molecule has 0 saturated carbocycles. The molecule has 2 aliphatic rings. The van der Waals surface area contributed by atoms with Gasteiger partial charge in [0.25, 0.3) is 0 Å². The summed E-state index contributed by atoms with van der Waals surface area (Å²) in [4.78, 5) is 18.9. The predicted molar refractivity (Wildman–Crippen MR) is 91.2 cm³/mol. The van der Waals surface area contributed by atoms with Crippen LogP contribution < -0.4 is 15.2 Å². The molecule has 0 radical (unpaired) electrons. The van der Waals surface area contributed by atoms with E-state index in [4.69, 9.17) is 15.2 Å². The van der Waals surface area contributed by atoms with E-state index in [9.17, 15) is 4.79 Å². The smallest absolute Gasteiger partial charge is 0.231 e. The molecule has 7 heteroatoms. The number of carbonyl (C=O) groups is 1. The summed E-state index contributed by atoms with van der Waals surface area (Å²) in [5.74, 6) is 1.63. The Morgan fingerprint density at radius 3 is 2.92 bits per heavy atom. The summed E-state index contributed by atoms with van der Waals surface area (Å²) in [5, 5.41) is 2.84. The Labute approximate surface area is 144 Å². The van der Waals surface area contributed by atoms with Gasteiger partial charge in [-0.05, 0) is 31.0 Å². The van der Waals surface area contributed by atoms with Crippen molar-refractivity contribution in [3.63, 3.8) is 0 Å². The Kier molecular flexibility index (Phi) is 4.12. The first-order valence-electron chi connectivity index (χ1n) is 8.07. The van der Waals surface area contributed by atoms with Crippen LogP contribution in [0.1, 0.15) is 18.5 Å². The van der Waals surface area contributed by atoms with Crippen LogP contribution in [0.15, 0.2) is 23.6 Å². The Hall–Kier alpha value is -2.12. The zero-order valence-electron chi connectivity index (χ0n) is 13.2. The van der Waals surface area contributed by atoms with Crippen molar-refractivity contribution in [2.24, 2.45) is 5.73 Å². The average Bonchev–Trinajstić information content (AvgIpc) is 3.23. The van der Waals surface area contributed by atoms with Gasteiger partial charge in [-0.3, -0.25) is 4.79 Å². The molecule has 0 aliphatic carbocycles. The summed E-state index contributed by atoms with van der Waals surface area (Å²) >= 11 is 1.54. The highest BCUT2D eigenvalue weighted by Crippen LogP contribution is 2.36. The number of likely N-dealkylation sites (tertiary alicyclic amines) is 1. The highest BCUT2D eigenvalue weighted by atomic mass is 32.1. The minimum absolute atomic E-state index is 0.129. The van der Waals surface area contributed by atoms with Gasteiger partial charge in [0.1, 0.15) is 5.01 Å². The van der Waals surface area contributed by atoms with Crippen molar-refractivity contribution in [3.05, 3.63) is 29.3 Å². The molecule has 0 atom stereocenters. The zero-order chi connectivity index (χ0) is 16.5. The molecule has 1 fully saturated rings.